The normalized spacial score (nSPS) is 11.7. The predicted octanol–water partition coefficient (Wildman–Crippen LogP) is 4.00. The van der Waals surface area contributed by atoms with Crippen LogP contribution in [0.4, 0.5) is 0 Å². The van der Waals surface area contributed by atoms with E-state index in [1.807, 2.05) is 12.2 Å². The van der Waals surface area contributed by atoms with Crippen LogP contribution in [0.15, 0.2) is 25.3 Å². The molecule has 0 amide bonds. The molecule has 0 saturated heterocycles. The van der Waals surface area contributed by atoms with Gasteiger partial charge in [0.15, 0.2) is 8.32 Å². The Morgan fingerprint density at radius 1 is 1.07 bits per heavy atom. The summed E-state index contributed by atoms with van der Waals surface area (Å²) in [5.41, 5.74) is 0. The molecule has 0 atom stereocenters. The molecule has 0 radical (unpaired) electrons. The Morgan fingerprint density at radius 2 is 1.50 bits per heavy atom. The standard InChI is InChI=1S/C12H24OSi/c1-6-12(7-2)11-13-14(8-3,9-4)10-5/h6-7,12H,1-2,8-11H2,3-5H3. The first-order valence-corrected chi connectivity index (χ1v) is 8.10. The van der Waals surface area contributed by atoms with Gasteiger partial charge in [-0.2, -0.15) is 0 Å². The summed E-state index contributed by atoms with van der Waals surface area (Å²) in [5, 5.41) is 0. The van der Waals surface area contributed by atoms with Gasteiger partial charge in [-0.3, -0.25) is 0 Å². The highest BCUT2D eigenvalue weighted by atomic mass is 28.4. The van der Waals surface area contributed by atoms with E-state index in [4.69, 9.17) is 4.43 Å². The van der Waals surface area contributed by atoms with Crippen LogP contribution >= 0.6 is 0 Å². The van der Waals surface area contributed by atoms with Crippen molar-refractivity contribution in [1.29, 1.82) is 0 Å². The molecule has 0 spiro atoms. The first-order valence-electron chi connectivity index (χ1n) is 5.57. The van der Waals surface area contributed by atoms with E-state index in [-0.39, 0.29) is 0 Å². The topological polar surface area (TPSA) is 9.23 Å². The Kier molecular flexibility index (Phi) is 6.84. The molecule has 0 aromatic carbocycles. The van der Waals surface area contributed by atoms with Crippen molar-refractivity contribution in [2.45, 2.75) is 38.9 Å². The molecule has 0 aliphatic heterocycles. The van der Waals surface area contributed by atoms with Crippen LogP contribution in [0, 0.1) is 5.92 Å². The lowest BCUT2D eigenvalue weighted by molar-refractivity contribution is 0.280. The van der Waals surface area contributed by atoms with Crippen LogP contribution in [0.1, 0.15) is 20.8 Å². The highest BCUT2D eigenvalue weighted by Crippen LogP contribution is 2.22. The second-order valence-corrected chi connectivity index (χ2v) is 8.47. The van der Waals surface area contributed by atoms with E-state index in [1.165, 1.54) is 18.1 Å². The van der Waals surface area contributed by atoms with Crippen molar-refractivity contribution in [2.75, 3.05) is 6.61 Å². The monoisotopic (exact) mass is 212 g/mol. The zero-order valence-corrected chi connectivity index (χ0v) is 10.9. The van der Waals surface area contributed by atoms with E-state index >= 15 is 0 Å². The summed E-state index contributed by atoms with van der Waals surface area (Å²) in [4.78, 5) is 0. The van der Waals surface area contributed by atoms with Gasteiger partial charge in [-0.15, -0.1) is 13.2 Å². The highest BCUT2D eigenvalue weighted by molar-refractivity contribution is 6.73. The summed E-state index contributed by atoms with van der Waals surface area (Å²) >= 11 is 0. The molecule has 0 aliphatic carbocycles. The minimum atomic E-state index is -1.41. The van der Waals surface area contributed by atoms with Crippen molar-refractivity contribution in [3.05, 3.63) is 25.3 Å². The zero-order valence-electron chi connectivity index (χ0n) is 9.88. The first kappa shape index (κ1) is 13.7. The van der Waals surface area contributed by atoms with Gasteiger partial charge in [0, 0.05) is 12.5 Å². The molecular formula is C12H24OSi. The maximum atomic E-state index is 6.12. The van der Waals surface area contributed by atoms with Gasteiger partial charge in [-0.25, -0.2) is 0 Å². The molecule has 0 aliphatic rings. The lowest BCUT2D eigenvalue weighted by Gasteiger charge is -2.29. The summed E-state index contributed by atoms with van der Waals surface area (Å²) < 4.78 is 6.12. The highest BCUT2D eigenvalue weighted by Gasteiger charge is 2.28. The largest absolute Gasteiger partial charge is 0.416 e. The third-order valence-electron chi connectivity index (χ3n) is 3.12. The van der Waals surface area contributed by atoms with E-state index in [9.17, 15) is 0 Å². The second kappa shape index (κ2) is 7.02. The number of hydrogen-bond acceptors (Lipinski definition) is 1. The van der Waals surface area contributed by atoms with Crippen LogP contribution in [0.5, 0.6) is 0 Å². The van der Waals surface area contributed by atoms with Crippen molar-refractivity contribution >= 4 is 8.32 Å². The third-order valence-corrected chi connectivity index (χ3v) is 7.77. The summed E-state index contributed by atoms with van der Waals surface area (Å²) in [6, 6.07) is 3.63. The van der Waals surface area contributed by atoms with Gasteiger partial charge in [0.2, 0.25) is 0 Å². The second-order valence-electron chi connectivity index (χ2n) is 3.69. The maximum Gasteiger partial charge on any atom is 0.192 e. The molecule has 0 rings (SSSR count). The van der Waals surface area contributed by atoms with Crippen LogP contribution in [-0.4, -0.2) is 14.9 Å². The van der Waals surface area contributed by atoms with Crippen molar-refractivity contribution in [3.8, 4) is 0 Å². The number of hydrogen-bond donors (Lipinski definition) is 0. The van der Waals surface area contributed by atoms with Crippen LogP contribution in [0.3, 0.4) is 0 Å². The molecule has 0 fully saturated rings. The van der Waals surface area contributed by atoms with E-state index in [0.29, 0.717) is 5.92 Å². The van der Waals surface area contributed by atoms with E-state index < -0.39 is 8.32 Å². The summed E-state index contributed by atoms with van der Waals surface area (Å²) in [6.07, 6.45) is 3.82. The zero-order chi connectivity index (χ0) is 11.0. The van der Waals surface area contributed by atoms with Gasteiger partial charge in [-0.1, -0.05) is 32.9 Å². The lowest BCUT2D eigenvalue weighted by atomic mass is 10.2. The van der Waals surface area contributed by atoms with Crippen LogP contribution in [-0.2, 0) is 4.43 Å². The Hall–Kier alpha value is -0.343. The molecule has 2 heteroatoms. The molecular weight excluding hydrogens is 188 g/mol. The van der Waals surface area contributed by atoms with Crippen LogP contribution in [0.25, 0.3) is 0 Å². The van der Waals surface area contributed by atoms with Crippen LogP contribution in [0.2, 0.25) is 18.1 Å². The third kappa shape index (κ3) is 3.80. The Morgan fingerprint density at radius 3 is 1.79 bits per heavy atom. The van der Waals surface area contributed by atoms with Crippen molar-refractivity contribution in [1.82, 2.24) is 0 Å². The fourth-order valence-corrected chi connectivity index (χ4v) is 4.22. The van der Waals surface area contributed by atoms with Gasteiger partial charge >= 0.3 is 0 Å². The van der Waals surface area contributed by atoms with E-state index in [1.54, 1.807) is 0 Å². The fraction of sp³-hybridized carbons (Fsp3) is 0.667. The molecule has 82 valence electrons. The van der Waals surface area contributed by atoms with E-state index in [2.05, 4.69) is 33.9 Å². The molecule has 1 nitrogen and oxygen atoms in total. The summed E-state index contributed by atoms with van der Waals surface area (Å²) in [6.45, 7) is 15.1. The van der Waals surface area contributed by atoms with Crippen molar-refractivity contribution in [2.24, 2.45) is 5.92 Å². The quantitative estimate of drug-likeness (QED) is 0.436. The van der Waals surface area contributed by atoms with Crippen molar-refractivity contribution < 1.29 is 4.43 Å². The molecule has 0 unspecified atom stereocenters. The Bertz CT molecular complexity index is 157. The van der Waals surface area contributed by atoms with Gasteiger partial charge in [0.1, 0.15) is 0 Å². The summed E-state index contributed by atoms with van der Waals surface area (Å²) in [7, 11) is -1.41. The van der Waals surface area contributed by atoms with Gasteiger partial charge < -0.3 is 4.43 Å². The predicted molar refractivity (Wildman–Crippen MR) is 67.0 cm³/mol. The first-order chi connectivity index (χ1) is 6.67. The average Bonchev–Trinajstić information content (AvgIpc) is 2.26. The Balaban J connectivity index is 4.16. The lowest BCUT2D eigenvalue weighted by Crippen LogP contribution is -2.37. The molecule has 0 aromatic heterocycles. The molecule has 14 heavy (non-hydrogen) atoms. The Labute approximate surface area is 90.0 Å². The van der Waals surface area contributed by atoms with Gasteiger partial charge in [-0.05, 0) is 18.1 Å². The maximum absolute atomic E-state index is 6.12. The number of rotatable bonds is 8. The molecule has 0 saturated carbocycles. The minimum absolute atomic E-state index is 0.312. The molecule has 0 aromatic rings. The fourth-order valence-electron chi connectivity index (χ4n) is 1.56. The average molecular weight is 212 g/mol. The summed E-state index contributed by atoms with van der Waals surface area (Å²) in [5.74, 6) is 0.312. The molecule has 0 N–H and O–H groups in total. The van der Waals surface area contributed by atoms with Gasteiger partial charge in [0.05, 0.1) is 0 Å². The minimum Gasteiger partial charge on any atom is -0.416 e. The smallest absolute Gasteiger partial charge is 0.192 e. The van der Waals surface area contributed by atoms with Crippen molar-refractivity contribution in [3.63, 3.8) is 0 Å². The van der Waals surface area contributed by atoms with E-state index in [0.717, 1.165) is 6.61 Å². The molecule has 0 bridgehead atoms. The van der Waals surface area contributed by atoms with Gasteiger partial charge in [0.25, 0.3) is 0 Å². The SMILES string of the molecule is C=CC(C=C)CO[Si](CC)(CC)CC. The molecule has 0 heterocycles. The van der Waals surface area contributed by atoms with Crippen LogP contribution < -0.4 is 0 Å².